The predicted octanol–water partition coefficient (Wildman–Crippen LogP) is 3.99. The number of halogens is 3. The Morgan fingerprint density at radius 2 is 1.71 bits per heavy atom. The molecule has 0 aliphatic rings. The van der Waals surface area contributed by atoms with Gasteiger partial charge in [-0.3, -0.25) is 9.78 Å². The average Bonchev–Trinajstić information content (AvgIpc) is 3.35. The summed E-state index contributed by atoms with van der Waals surface area (Å²) in [5, 5.41) is 4.02. The van der Waals surface area contributed by atoms with Crippen molar-refractivity contribution in [2.75, 3.05) is 18.4 Å². The average molecular weight is 516 g/mol. The van der Waals surface area contributed by atoms with Crippen molar-refractivity contribution in [2.24, 2.45) is 0 Å². The van der Waals surface area contributed by atoms with Crippen molar-refractivity contribution in [3.8, 4) is 0 Å². The number of aromatic nitrogens is 1. The van der Waals surface area contributed by atoms with Crippen molar-refractivity contribution in [2.45, 2.75) is 33.5 Å². The molecule has 0 atom stereocenters. The van der Waals surface area contributed by atoms with Gasteiger partial charge in [-0.25, -0.2) is 0 Å². The Morgan fingerprint density at radius 3 is 2.29 bits per heavy atom. The molecule has 0 radical (unpaired) electrons. The van der Waals surface area contributed by atoms with Gasteiger partial charge >= 0.3 is 25.0 Å². The van der Waals surface area contributed by atoms with Crippen LogP contribution in [0.1, 0.15) is 38.5 Å². The zero-order valence-electron chi connectivity index (χ0n) is 22.1. The largest absolute Gasteiger partial charge is 1.00 e. The van der Waals surface area contributed by atoms with Crippen molar-refractivity contribution in [3.63, 3.8) is 0 Å². The van der Waals surface area contributed by atoms with Crippen LogP contribution in [0.25, 0.3) is 10.9 Å². The first-order valence-electron chi connectivity index (χ1n) is 11.6. The fraction of sp³-hybridized carbons (Fsp3) is 0.241. The minimum absolute atomic E-state index is 0. The SMILES string of the molecule is FC(F)(F)c1cc[c-]cc1.[CH2-]CN(C[CH2-])Cc1occc1C(=O)Nc1ccc2nc(C)c(C)c(C)c2c1.[Li+]. The predicted molar refractivity (Wildman–Crippen MR) is 139 cm³/mol. The summed E-state index contributed by atoms with van der Waals surface area (Å²) >= 11 is 0. The van der Waals surface area contributed by atoms with E-state index in [1.165, 1.54) is 29.5 Å². The van der Waals surface area contributed by atoms with Crippen LogP contribution < -0.4 is 24.2 Å². The van der Waals surface area contributed by atoms with E-state index in [0.717, 1.165) is 34.4 Å². The number of nitrogens with one attached hydrogen (secondary N) is 1. The van der Waals surface area contributed by atoms with Crippen molar-refractivity contribution in [1.29, 1.82) is 0 Å². The first-order chi connectivity index (χ1) is 17.5. The maximum atomic E-state index is 12.8. The van der Waals surface area contributed by atoms with Crippen molar-refractivity contribution < 1.29 is 41.2 Å². The summed E-state index contributed by atoms with van der Waals surface area (Å²) in [7, 11) is 0. The molecule has 0 saturated heterocycles. The second-order valence-electron chi connectivity index (χ2n) is 8.45. The summed E-state index contributed by atoms with van der Waals surface area (Å²) in [6, 6.07) is 14.4. The van der Waals surface area contributed by atoms with Crippen molar-refractivity contribution in [1.82, 2.24) is 9.88 Å². The quantitative estimate of drug-likeness (QED) is 0.312. The number of carbonyl (C=O) groups is 1. The zero-order chi connectivity index (χ0) is 27.2. The van der Waals surface area contributed by atoms with E-state index in [4.69, 9.17) is 4.42 Å². The maximum absolute atomic E-state index is 12.8. The number of anilines is 1. The Hall–Kier alpha value is -3.05. The van der Waals surface area contributed by atoms with Gasteiger partial charge in [0.15, 0.2) is 0 Å². The molecule has 9 heteroatoms. The summed E-state index contributed by atoms with van der Waals surface area (Å²) in [6.07, 6.45) is -2.69. The van der Waals surface area contributed by atoms with Gasteiger partial charge in [0, 0.05) is 16.8 Å². The monoisotopic (exact) mass is 515 g/mol. The van der Waals surface area contributed by atoms with E-state index in [1.54, 1.807) is 6.07 Å². The molecule has 1 amide bonds. The Labute approximate surface area is 233 Å². The van der Waals surface area contributed by atoms with Gasteiger partial charge < -0.3 is 28.5 Å². The summed E-state index contributed by atoms with van der Waals surface area (Å²) in [6.45, 7) is 15.6. The van der Waals surface area contributed by atoms with Crippen molar-refractivity contribution in [3.05, 3.63) is 108 Å². The second kappa shape index (κ2) is 13.7. The minimum Gasteiger partial charge on any atom is -0.467 e. The zero-order valence-corrected chi connectivity index (χ0v) is 22.1. The van der Waals surface area contributed by atoms with Crippen molar-refractivity contribution >= 4 is 22.5 Å². The van der Waals surface area contributed by atoms with Crippen LogP contribution >= 0.6 is 0 Å². The van der Waals surface area contributed by atoms with Crippen LogP contribution in [0, 0.1) is 40.7 Å². The molecule has 0 spiro atoms. The molecule has 2 heterocycles. The van der Waals surface area contributed by atoms with E-state index >= 15 is 0 Å². The molecule has 2 aromatic carbocycles. The molecular formula is C29H29F3LiN3O2-2. The molecule has 4 rings (SSSR count). The third-order valence-corrected chi connectivity index (χ3v) is 6.09. The van der Waals surface area contributed by atoms with Gasteiger partial charge in [-0.15, -0.1) is 13.1 Å². The number of amides is 1. The Bertz CT molecular complexity index is 1350. The Kier molecular flexibility index (Phi) is 11.2. The number of benzene rings is 2. The number of carbonyl (C=O) groups excluding carboxylic acids is 1. The molecule has 2 aromatic heterocycles. The van der Waals surface area contributed by atoms with Crippen LogP contribution in [0.4, 0.5) is 18.9 Å². The van der Waals surface area contributed by atoms with Gasteiger partial charge in [0.1, 0.15) is 5.76 Å². The molecule has 0 saturated carbocycles. The number of rotatable bonds is 6. The van der Waals surface area contributed by atoms with E-state index in [2.05, 4.69) is 44.1 Å². The number of fused-ring (bicyclic) bond motifs is 1. The smallest absolute Gasteiger partial charge is 0.467 e. The molecule has 196 valence electrons. The fourth-order valence-electron chi connectivity index (χ4n) is 3.66. The topological polar surface area (TPSA) is 58.4 Å². The van der Waals surface area contributed by atoms with Gasteiger partial charge in [0.05, 0.1) is 23.9 Å². The first kappa shape index (κ1) is 31.2. The Balaban J connectivity index is 0.000000389. The van der Waals surface area contributed by atoms with Crippen LogP contribution in [0.5, 0.6) is 0 Å². The third-order valence-electron chi connectivity index (χ3n) is 6.09. The molecule has 0 bridgehead atoms. The molecule has 4 aromatic rings. The van der Waals surface area contributed by atoms with Crippen LogP contribution in [-0.4, -0.2) is 28.9 Å². The molecular weight excluding hydrogens is 486 g/mol. The number of pyridine rings is 1. The first-order valence-corrected chi connectivity index (χ1v) is 11.6. The van der Waals surface area contributed by atoms with Gasteiger partial charge in [-0.1, -0.05) is 5.56 Å². The standard InChI is InChI=1S/C22H25N3O2.C7H4F3.Li/c1-6-25(7-2)13-21-18(10-11-27-21)22(26)24-17-8-9-20-19(12-17)15(4)14(3)16(5)23-20;8-7(9,10)6-4-2-1-3-5-6;/h8-12H,1-2,6-7,13H2,3-5H3,(H,24,26);2-5H;/q-2;-1;+1. The van der Waals surface area contributed by atoms with Gasteiger partial charge in [0.2, 0.25) is 0 Å². The summed E-state index contributed by atoms with van der Waals surface area (Å²) in [4.78, 5) is 19.4. The fourth-order valence-corrected chi connectivity index (χ4v) is 3.66. The van der Waals surface area contributed by atoms with Gasteiger partial charge in [0.25, 0.3) is 5.91 Å². The number of furan rings is 1. The van der Waals surface area contributed by atoms with E-state index in [1.807, 2.05) is 30.0 Å². The minimum atomic E-state index is -4.23. The van der Waals surface area contributed by atoms with Gasteiger partial charge in [-0.2, -0.15) is 43.5 Å². The number of hydrogen-bond acceptors (Lipinski definition) is 4. The number of aryl methyl sites for hydroxylation is 2. The van der Waals surface area contributed by atoms with Gasteiger partial charge in [-0.05, 0) is 56.2 Å². The molecule has 0 aliphatic carbocycles. The van der Waals surface area contributed by atoms with Crippen LogP contribution in [0.2, 0.25) is 0 Å². The summed E-state index contributed by atoms with van der Waals surface area (Å²) in [5.74, 6) is 0.422. The Morgan fingerprint density at radius 1 is 1.05 bits per heavy atom. The normalized spacial score (nSPS) is 11.1. The number of alkyl halides is 3. The molecule has 1 N–H and O–H groups in total. The summed E-state index contributed by atoms with van der Waals surface area (Å²) in [5.41, 5.74) is 4.94. The summed E-state index contributed by atoms with van der Waals surface area (Å²) < 4.78 is 40.8. The second-order valence-corrected chi connectivity index (χ2v) is 8.45. The molecule has 0 unspecified atom stereocenters. The van der Waals surface area contributed by atoms with E-state index < -0.39 is 11.7 Å². The van der Waals surface area contributed by atoms with Crippen LogP contribution in [0.3, 0.4) is 0 Å². The van der Waals surface area contributed by atoms with Crippen LogP contribution in [-0.2, 0) is 12.7 Å². The molecule has 0 aliphatic heterocycles. The van der Waals surface area contributed by atoms with E-state index in [0.29, 0.717) is 31.0 Å². The third kappa shape index (κ3) is 7.73. The maximum Gasteiger partial charge on any atom is 1.00 e. The number of hydrogen-bond donors (Lipinski definition) is 1. The number of nitrogens with zero attached hydrogens (tertiary/aromatic N) is 2. The molecule has 38 heavy (non-hydrogen) atoms. The molecule has 0 fully saturated rings. The molecule has 5 nitrogen and oxygen atoms in total. The van der Waals surface area contributed by atoms with E-state index in [9.17, 15) is 18.0 Å². The van der Waals surface area contributed by atoms with Crippen LogP contribution in [0.15, 0.2) is 59.2 Å². The van der Waals surface area contributed by atoms with E-state index in [-0.39, 0.29) is 24.8 Å².